The molecule has 25 heavy (non-hydrogen) atoms. The van der Waals surface area contributed by atoms with E-state index in [0.29, 0.717) is 0 Å². The number of nitrogens with one attached hydrogen (secondary N) is 2. The van der Waals surface area contributed by atoms with Crippen molar-refractivity contribution in [2.75, 3.05) is 0 Å². The zero-order valence-electron chi connectivity index (χ0n) is 13.6. The Labute approximate surface area is 143 Å². The van der Waals surface area contributed by atoms with Crippen molar-refractivity contribution in [3.05, 3.63) is 0 Å². The number of carbonyl (C=O) groups excluding carboxylic acids is 4. The van der Waals surface area contributed by atoms with Crippen LogP contribution >= 0.6 is 0 Å². The Hall–Kier alpha value is -2.73. The molecule has 4 amide bonds. The number of aliphatic hydroxyl groups excluding tert-OH is 1. The van der Waals surface area contributed by atoms with Crippen LogP contribution in [-0.2, 0) is 24.0 Å². The maximum Gasteiger partial charge on any atom is 0.326 e. The van der Waals surface area contributed by atoms with Crippen LogP contribution in [0.3, 0.4) is 0 Å². The number of hydrogen-bond donors (Lipinski definition) is 7. The fourth-order valence-electron chi connectivity index (χ4n) is 1.76. The molecule has 10 N–H and O–H groups in total. The van der Waals surface area contributed by atoms with Crippen molar-refractivity contribution in [2.45, 2.75) is 50.4 Å². The second-order valence-electron chi connectivity index (χ2n) is 5.41. The van der Waals surface area contributed by atoms with Crippen LogP contribution in [0.2, 0.25) is 0 Å². The predicted molar refractivity (Wildman–Crippen MR) is 83.4 cm³/mol. The van der Waals surface area contributed by atoms with Crippen LogP contribution < -0.4 is 27.8 Å². The Morgan fingerprint density at radius 1 is 1.00 bits per heavy atom. The van der Waals surface area contributed by atoms with E-state index in [-0.39, 0.29) is 12.8 Å². The molecule has 142 valence electrons. The lowest BCUT2D eigenvalue weighted by Crippen LogP contribution is -2.58. The molecule has 0 aromatic rings. The summed E-state index contributed by atoms with van der Waals surface area (Å²) in [7, 11) is 0. The van der Waals surface area contributed by atoms with Gasteiger partial charge in [-0.1, -0.05) is 0 Å². The zero-order valence-corrected chi connectivity index (χ0v) is 13.6. The molecule has 0 spiro atoms. The summed E-state index contributed by atoms with van der Waals surface area (Å²) in [6.07, 6.45) is -2.29. The van der Waals surface area contributed by atoms with E-state index < -0.39 is 60.2 Å². The van der Waals surface area contributed by atoms with Gasteiger partial charge in [0.1, 0.15) is 12.1 Å². The highest BCUT2D eigenvalue weighted by Crippen LogP contribution is 2.00. The van der Waals surface area contributed by atoms with Crippen LogP contribution in [0.5, 0.6) is 0 Å². The van der Waals surface area contributed by atoms with Crippen LogP contribution in [0.15, 0.2) is 0 Å². The standard InChI is InChI=1S/C13H23N5O7/c1-5(19)10(18-11(22)6(14)2-3-8(15)20)12(23)17-7(13(24)25)4-9(16)21/h5-7,10,19H,2-4,14H2,1H3,(H2,15,20)(H2,16,21)(H,17,23)(H,18,22)(H,24,25)/t5-,6+,7+,10+/m1/s1. The molecule has 0 bridgehead atoms. The first-order chi connectivity index (χ1) is 11.5. The van der Waals surface area contributed by atoms with E-state index in [1.165, 1.54) is 6.92 Å². The topological polar surface area (TPSA) is 228 Å². The second kappa shape index (κ2) is 10.2. The molecule has 0 heterocycles. The molecule has 0 saturated carbocycles. The Morgan fingerprint density at radius 3 is 1.96 bits per heavy atom. The van der Waals surface area contributed by atoms with Gasteiger partial charge in [0, 0.05) is 6.42 Å². The summed E-state index contributed by atoms with van der Waals surface area (Å²) in [4.78, 5) is 56.5. The van der Waals surface area contributed by atoms with Gasteiger partial charge in [0.25, 0.3) is 0 Å². The Balaban J connectivity index is 4.94. The van der Waals surface area contributed by atoms with Crippen LogP contribution in [0.1, 0.15) is 26.2 Å². The van der Waals surface area contributed by atoms with E-state index in [1.807, 2.05) is 5.32 Å². The van der Waals surface area contributed by atoms with Crippen molar-refractivity contribution in [2.24, 2.45) is 17.2 Å². The Bertz CT molecular complexity index is 537. The first-order valence-corrected chi connectivity index (χ1v) is 7.29. The molecule has 0 aromatic carbocycles. The lowest BCUT2D eigenvalue weighted by molar-refractivity contribution is -0.144. The van der Waals surface area contributed by atoms with E-state index in [1.54, 1.807) is 0 Å². The third kappa shape index (κ3) is 8.62. The highest BCUT2D eigenvalue weighted by molar-refractivity contribution is 5.93. The molecule has 12 nitrogen and oxygen atoms in total. The van der Waals surface area contributed by atoms with Crippen molar-refractivity contribution >= 4 is 29.6 Å². The lowest BCUT2D eigenvalue weighted by Gasteiger charge is -2.24. The van der Waals surface area contributed by atoms with Crippen molar-refractivity contribution < 1.29 is 34.2 Å². The summed E-state index contributed by atoms with van der Waals surface area (Å²) in [5.41, 5.74) is 15.4. The second-order valence-corrected chi connectivity index (χ2v) is 5.41. The van der Waals surface area contributed by atoms with Crippen LogP contribution in [0, 0.1) is 0 Å². The highest BCUT2D eigenvalue weighted by Gasteiger charge is 2.31. The van der Waals surface area contributed by atoms with Crippen LogP contribution in [-0.4, -0.2) is 64.0 Å². The number of hydrogen-bond acceptors (Lipinski definition) is 7. The average molecular weight is 361 g/mol. The monoisotopic (exact) mass is 361 g/mol. The predicted octanol–water partition coefficient (Wildman–Crippen LogP) is -4.11. The number of amides is 4. The van der Waals surface area contributed by atoms with Gasteiger partial charge in [-0.3, -0.25) is 19.2 Å². The number of rotatable bonds is 11. The molecule has 0 unspecified atom stereocenters. The molecular weight excluding hydrogens is 338 g/mol. The van der Waals surface area contributed by atoms with E-state index in [2.05, 4.69) is 5.32 Å². The minimum absolute atomic E-state index is 0.0747. The van der Waals surface area contributed by atoms with Crippen molar-refractivity contribution in [3.63, 3.8) is 0 Å². The van der Waals surface area contributed by atoms with Gasteiger partial charge in [-0.15, -0.1) is 0 Å². The average Bonchev–Trinajstić information content (AvgIpc) is 2.47. The third-order valence-corrected chi connectivity index (χ3v) is 3.12. The molecule has 4 atom stereocenters. The Morgan fingerprint density at radius 2 is 1.56 bits per heavy atom. The fraction of sp³-hybridized carbons (Fsp3) is 0.615. The lowest BCUT2D eigenvalue weighted by atomic mass is 10.1. The van der Waals surface area contributed by atoms with Gasteiger partial charge in [-0.05, 0) is 13.3 Å². The number of carboxylic acids is 1. The molecule has 0 saturated heterocycles. The number of aliphatic hydroxyl groups is 1. The normalized spacial score (nSPS) is 15.3. The maximum atomic E-state index is 12.1. The first-order valence-electron chi connectivity index (χ1n) is 7.29. The number of primary amides is 2. The molecule has 0 fully saturated rings. The number of aliphatic carboxylic acids is 1. The van der Waals surface area contributed by atoms with E-state index in [0.717, 1.165) is 0 Å². The number of carbonyl (C=O) groups is 5. The molecular formula is C13H23N5O7. The summed E-state index contributed by atoms with van der Waals surface area (Å²) in [5.74, 6) is -5.02. The van der Waals surface area contributed by atoms with Gasteiger partial charge in [0.15, 0.2) is 0 Å². The van der Waals surface area contributed by atoms with Crippen molar-refractivity contribution in [1.29, 1.82) is 0 Å². The van der Waals surface area contributed by atoms with Crippen LogP contribution in [0.25, 0.3) is 0 Å². The largest absolute Gasteiger partial charge is 0.480 e. The first kappa shape index (κ1) is 22.3. The molecule has 12 heteroatoms. The quantitative estimate of drug-likeness (QED) is 0.191. The summed E-state index contributed by atoms with van der Waals surface area (Å²) in [5, 5.41) is 22.7. The minimum Gasteiger partial charge on any atom is -0.480 e. The number of nitrogens with two attached hydrogens (primary N) is 3. The van der Waals surface area contributed by atoms with E-state index >= 15 is 0 Å². The van der Waals surface area contributed by atoms with E-state index in [9.17, 15) is 29.1 Å². The molecule has 0 aliphatic carbocycles. The zero-order chi connectivity index (χ0) is 19.7. The summed E-state index contributed by atoms with van der Waals surface area (Å²) in [6.45, 7) is 1.18. The summed E-state index contributed by atoms with van der Waals surface area (Å²) < 4.78 is 0. The fourth-order valence-corrected chi connectivity index (χ4v) is 1.76. The molecule has 0 rings (SSSR count). The molecule has 0 aromatic heterocycles. The summed E-state index contributed by atoms with van der Waals surface area (Å²) in [6, 6.07) is -4.31. The van der Waals surface area contributed by atoms with Gasteiger partial charge in [-0.2, -0.15) is 0 Å². The molecule has 0 aliphatic rings. The van der Waals surface area contributed by atoms with Crippen LogP contribution in [0.4, 0.5) is 0 Å². The minimum atomic E-state index is -1.62. The Kier molecular flexibility index (Phi) is 9.09. The number of carboxylic acid groups (broad SMARTS) is 1. The van der Waals surface area contributed by atoms with Gasteiger partial charge in [0.05, 0.1) is 18.6 Å². The SMILES string of the molecule is C[C@@H](O)[C@H](NC(=O)[C@@H](N)CCC(N)=O)C(=O)N[C@@H](CC(N)=O)C(=O)O. The van der Waals surface area contributed by atoms with Gasteiger partial charge >= 0.3 is 5.97 Å². The smallest absolute Gasteiger partial charge is 0.326 e. The van der Waals surface area contributed by atoms with E-state index in [4.69, 9.17) is 22.3 Å². The molecule has 0 radical (unpaired) electrons. The van der Waals surface area contributed by atoms with Crippen molar-refractivity contribution in [3.8, 4) is 0 Å². The highest BCUT2D eigenvalue weighted by atomic mass is 16.4. The summed E-state index contributed by atoms with van der Waals surface area (Å²) >= 11 is 0. The van der Waals surface area contributed by atoms with Gasteiger partial charge in [-0.25, -0.2) is 4.79 Å². The molecule has 0 aliphatic heterocycles. The third-order valence-electron chi connectivity index (χ3n) is 3.12. The van der Waals surface area contributed by atoms with Gasteiger partial charge < -0.3 is 38.0 Å². The maximum absolute atomic E-state index is 12.1. The van der Waals surface area contributed by atoms with Crippen molar-refractivity contribution in [1.82, 2.24) is 10.6 Å². The van der Waals surface area contributed by atoms with Gasteiger partial charge in [0.2, 0.25) is 23.6 Å².